The number of benzene rings is 1. The molecule has 1 aromatic heterocycles. The zero-order valence-corrected chi connectivity index (χ0v) is 11.3. The van der Waals surface area contributed by atoms with E-state index < -0.39 is 4.92 Å². The van der Waals surface area contributed by atoms with E-state index in [-0.39, 0.29) is 17.5 Å². The first-order chi connectivity index (χ1) is 9.56. The van der Waals surface area contributed by atoms with Crippen LogP contribution in [0.15, 0.2) is 30.5 Å². The highest BCUT2D eigenvalue weighted by molar-refractivity contribution is 5.52. The van der Waals surface area contributed by atoms with Crippen LogP contribution in [0.4, 0.5) is 11.5 Å². The van der Waals surface area contributed by atoms with Gasteiger partial charge in [-0.2, -0.15) is 5.10 Å². The largest absolute Gasteiger partial charge is 0.494 e. The minimum atomic E-state index is -0.542. The third-order valence-electron chi connectivity index (χ3n) is 3.05. The number of nitrogens with zero attached hydrogens (tertiary/aromatic N) is 3. The molecule has 0 aliphatic carbocycles. The lowest BCUT2D eigenvalue weighted by atomic mass is 10.1. The Labute approximate surface area is 116 Å². The van der Waals surface area contributed by atoms with Crippen molar-refractivity contribution in [2.45, 2.75) is 19.9 Å². The van der Waals surface area contributed by atoms with Crippen LogP contribution in [0.5, 0.6) is 5.75 Å². The lowest BCUT2D eigenvalue weighted by Gasteiger charge is -2.17. The molecule has 20 heavy (non-hydrogen) atoms. The van der Waals surface area contributed by atoms with Crippen molar-refractivity contribution in [3.63, 3.8) is 0 Å². The molecule has 2 aromatic rings. The third-order valence-corrected chi connectivity index (χ3v) is 3.05. The van der Waals surface area contributed by atoms with Crippen LogP contribution in [0.3, 0.4) is 0 Å². The minimum absolute atomic E-state index is 0.0359. The first-order valence-corrected chi connectivity index (χ1v) is 6.25. The summed E-state index contributed by atoms with van der Waals surface area (Å²) < 4.78 is 6.98. The number of para-hydroxylation sites is 1. The van der Waals surface area contributed by atoms with Gasteiger partial charge in [-0.1, -0.05) is 18.2 Å². The molecule has 0 amide bonds. The van der Waals surface area contributed by atoms with E-state index >= 15 is 0 Å². The maximum absolute atomic E-state index is 10.8. The van der Waals surface area contributed by atoms with Crippen LogP contribution in [0.25, 0.3) is 0 Å². The summed E-state index contributed by atoms with van der Waals surface area (Å²) in [4.78, 5) is 10.3. The number of ether oxygens (including phenoxy) is 1. The highest BCUT2D eigenvalue weighted by atomic mass is 16.6. The number of rotatable bonds is 5. The highest BCUT2D eigenvalue weighted by Crippen LogP contribution is 2.31. The van der Waals surface area contributed by atoms with Gasteiger partial charge in [-0.3, -0.25) is 10.1 Å². The van der Waals surface area contributed by atoms with E-state index in [1.54, 1.807) is 0 Å². The molecule has 0 saturated carbocycles. The van der Waals surface area contributed by atoms with Gasteiger partial charge in [0.05, 0.1) is 17.6 Å². The monoisotopic (exact) mass is 276 g/mol. The van der Waals surface area contributed by atoms with Gasteiger partial charge in [0, 0.05) is 5.56 Å². The van der Waals surface area contributed by atoms with Crippen molar-refractivity contribution in [1.82, 2.24) is 9.78 Å². The Morgan fingerprint density at radius 3 is 2.80 bits per heavy atom. The SMILES string of the molecule is CCOc1ccccc1C(C)n1ncc([N+](=O)[O-])c1N. The summed E-state index contributed by atoms with van der Waals surface area (Å²) in [6.07, 6.45) is 1.16. The fraction of sp³-hybridized carbons (Fsp3) is 0.308. The summed E-state index contributed by atoms with van der Waals surface area (Å²) in [6, 6.07) is 7.23. The molecule has 2 N–H and O–H groups in total. The molecular weight excluding hydrogens is 260 g/mol. The van der Waals surface area contributed by atoms with E-state index in [1.807, 2.05) is 38.1 Å². The summed E-state index contributed by atoms with van der Waals surface area (Å²) in [5, 5.41) is 14.8. The summed E-state index contributed by atoms with van der Waals surface area (Å²) in [5.41, 5.74) is 6.47. The number of nitrogen functional groups attached to an aromatic ring is 1. The lowest BCUT2D eigenvalue weighted by molar-refractivity contribution is -0.384. The van der Waals surface area contributed by atoms with Crippen LogP contribution in [-0.4, -0.2) is 21.3 Å². The lowest BCUT2D eigenvalue weighted by Crippen LogP contribution is -2.13. The van der Waals surface area contributed by atoms with Crippen LogP contribution < -0.4 is 10.5 Å². The second-order valence-electron chi connectivity index (χ2n) is 4.26. The molecular formula is C13H16N4O3. The molecule has 0 aliphatic heterocycles. The third kappa shape index (κ3) is 2.42. The van der Waals surface area contributed by atoms with Gasteiger partial charge in [0.15, 0.2) is 0 Å². The maximum atomic E-state index is 10.8. The second-order valence-corrected chi connectivity index (χ2v) is 4.26. The standard InChI is InChI=1S/C13H16N4O3/c1-3-20-12-7-5-4-6-10(12)9(2)16-13(14)11(8-15-16)17(18)19/h4-9H,3,14H2,1-2H3. The molecule has 1 atom stereocenters. The Bertz CT molecular complexity index is 624. The average molecular weight is 276 g/mol. The molecule has 7 heteroatoms. The molecule has 0 saturated heterocycles. The van der Waals surface area contributed by atoms with E-state index in [1.165, 1.54) is 4.68 Å². The average Bonchev–Trinajstić information content (AvgIpc) is 2.81. The molecule has 2 rings (SSSR count). The van der Waals surface area contributed by atoms with E-state index in [2.05, 4.69) is 5.10 Å². The van der Waals surface area contributed by atoms with Crippen molar-refractivity contribution in [1.29, 1.82) is 0 Å². The fourth-order valence-electron chi connectivity index (χ4n) is 2.06. The second kappa shape index (κ2) is 5.60. The van der Waals surface area contributed by atoms with E-state index in [9.17, 15) is 10.1 Å². The van der Waals surface area contributed by atoms with Crippen LogP contribution in [0.2, 0.25) is 0 Å². The Morgan fingerprint density at radius 1 is 1.50 bits per heavy atom. The van der Waals surface area contributed by atoms with Crippen LogP contribution in [0, 0.1) is 10.1 Å². The summed E-state index contributed by atoms with van der Waals surface area (Å²) in [5.74, 6) is 0.758. The molecule has 0 spiro atoms. The molecule has 106 valence electrons. The maximum Gasteiger partial charge on any atom is 0.330 e. The van der Waals surface area contributed by atoms with Crippen molar-refractivity contribution in [3.05, 3.63) is 46.1 Å². The topological polar surface area (TPSA) is 96.2 Å². The van der Waals surface area contributed by atoms with Crippen molar-refractivity contribution in [3.8, 4) is 5.75 Å². The van der Waals surface area contributed by atoms with Crippen molar-refractivity contribution < 1.29 is 9.66 Å². The van der Waals surface area contributed by atoms with Gasteiger partial charge >= 0.3 is 5.69 Å². The van der Waals surface area contributed by atoms with Crippen LogP contribution >= 0.6 is 0 Å². The zero-order chi connectivity index (χ0) is 14.7. The van der Waals surface area contributed by atoms with E-state index in [0.29, 0.717) is 6.61 Å². The first kappa shape index (κ1) is 13.9. The molecule has 1 heterocycles. The van der Waals surface area contributed by atoms with Gasteiger partial charge in [0.25, 0.3) is 0 Å². The highest BCUT2D eigenvalue weighted by Gasteiger charge is 2.23. The number of nitro groups is 1. The van der Waals surface area contributed by atoms with Crippen LogP contribution in [-0.2, 0) is 0 Å². The van der Waals surface area contributed by atoms with Gasteiger partial charge in [-0.25, -0.2) is 4.68 Å². The molecule has 0 aliphatic rings. The molecule has 1 aromatic carbocycles. The van der Waals surface area contributed by atoms with Gasteiger partial charge in [0.2, 0.25) is 5.82 Å². The van der Waals surface area contributed by atoms with Gasteiger partial charge < -0.3 is 10.5 Å². The van der Waals surface area contributed by atoms with Gasteiger partial charge in [-0.15, -0.1) is 0 Å². The number of hydrogen-bond donors (Lipinski definition) is 1. The van der Waals surface area contributed by atoms with Crippen molar-refractivity contribution >= 4 is 11.5 Å². The summed E-state index contributed by atoms with van der Waals surface area (Å²) in [7, 11) is 0. The number of aromatic nitrogens is 2. The first-order valence-electron chi connectivity index (χ1n) is 6.25. The molecule has 0 fully saturated rings. The smallest absolute Gasteiger partial charge is 0.330 e. The van der Waals surface area contributed by atoms with Crippen LogP contribution in [0.1, 0.15) is 25.5 Å². The fourth-order valence-corrected chi connectivity index (χ4v) is 2.06. The Balaban J connectivity index is 2.41. The molecule has 7 nitrogen and oxygen atoms in total. The van der Waals surface area contributed by atoms with Crippen molar-refractivity contribution in [2.75, 3.05) is 12.3 Å². The molecule has 1 unspecified atom stereocenters. The normalized spacial score (nSPS) is 12.1. The Hall–Kier alpha value is -2.57. The predicted molar refractivity (Wildman–Crippen MR) is 74.7 cm³/mol. The van der Waals surface area contributed by atoms with Crippen molar-refractivity contribution in [2.24, 2.45) is 0 Å². The van der Waals surface area contributed by atoms with Gasteiger partial charge in [-0.05, 0) is 19.9 Å². The van der Waals surface area contributed by atoms with Gasteiger partial charge in [0.1, 0.15) is 11.9 Å². The molecule has 0 bridgehead atoms. The minimum Gasteiger partial charge on any atom is -0.494 e. The zero-order valence-electron chi connectivity index (χ0n) is 11.3. The summed E-state index contributed by atoms with van der Waals surface area (Å²) in [6.45, 7) is 4.30. The number of nitrogens with two attached hydrogens (primary N) is 1. The number of anilines is 1. The summed E-state index contributed by atoms with van der Waals surface area (Å²) >= 11 is 0. The van der Waals surface area contributed by atoms with E-state index in [4.69, 9.17) is 10.5 Å². The number of hydrogen-bond acceptors (Lipinski definition) is 5. The quantitative estimate of drug-likeness (QED) is 0.668. The van der Waals surface area contributed by atoms with E-state index in [0.717, 1.165) is 17.5 Å². The molecule has 0 radical (unpaired) electrons. The Kier molecular flexibility index (Phi) is 3.88. The Morgan fingerprint density at radius 2 is 2.20 bits per heavy atom. The predicted octanol–water partition coefficient (Wildman–Crippen LogP) is 2.38.